The Kier molecular flexibility index (Phi) is 5.80. The first-order chi connectivity index (χ1) is 17.2. The van der Waals surface area contributed by atoms with Crippen LogP contribution in [0.15, 0.2) is 91.4 Å². The van der Waals surface area contributed by atoms with Crippen molar-refractivity contribution in [2.75, 3.05) is 36.0 Å². The van der Waals surface area contributed by atoms with Gasteiger partial charge in [-0.25, -0.2) is 9.97 Å². The summed E-state index contributed by atoms with van der Waals surface area (Å²) < 4.78 is 2.11. The minimum atomic E-state index is 0.690. The first-order valence-corrected chi connectivity index (χ1v) is 12.4. The Morgan fingerprint density at radius 2 is 1.46 bits per heavy atom. The van der Waals surface area contributed by atoms with E-state index in [1.807, 2.05) is 48.5 Å². The van der Waals surface area contributed by atoms with Crippen LogP contribution in [0.25, 0.3) is 27.8 Å². The highest BCUT2D eigenvalue weighted by atomic mass is 35.5. The molecule has 6 rings (SSSR count). The van der Waals surface area contributed by atoms with Gasteiger partial charge in [-0.05, 0) is 35.9 Å². The Morgan fingerprint density at radius 1 is 0.714 bits per heavy atom. The summed E-state index contributed by atoms with van der Waals surface area (Å²) in [5, 5.41) is 2.52. The molecule has 2 aromatic heterocycles. The van der Waals surface area contributed by atoms with Crippen LogP contribution in [-0.2, 0) is 0 Å². The highest BCUT2D eigenvalue weighted by molar-refractivity contribution is 6.33. The van der Waals surface area contributed by atoms with Gasteiger partial charge in [0, 0.05) is 48.6 Å². The molecule has 0 aliphatic carbocycles. The van der Waals surface area contributed by atoms with Gasteiger partial charge in [0.15, 0.2) is 5.65 Å². The molecule has 0 unspecified atom stereocenters. The number of aromatic nitrogens is 3. The van der Waals surface area contributed by atoms with Crippen molar-refractivity contribution < 1.29 is 0 Å². The van der Waals surface area contributed by atoms with Gasteiger partial charge in [-0.3, -0.25) is 0 Å². The lowest BCUT2D eigenvalue weighted by Gasteiger charge is -2.37. The summed E-state index contributed by atoms with van der Waals surface area (Å²) in [4.78, 5) is 14.2. The molecule has 1 saturated heterocycles. The highest BCUT2D eigenvalue weighted by Crippen LogP contribution is 2.37. The molecule has 5 aromatic rings. The number of fused-ring (bicyclic) bond motifs is 1. The molecule has 35 heavy (non-hydrogen) atoms. The van der Waals surface area contributed by atoms with Crippen molar-refractivity contribution in [3.8, 4) is 16.8 Å². The predicted octanol–water partition coefficient (Wildman–Crippen LogP) is 6.72. The summed E-state index contributed by atoms with van der Waals surface area (Å²) in [6.07, 6.45) is 3.80. The van der Waals surface area contributed by atoms with Crippen molar-refractivity contribution in [3.63, 3.8) is 0 Å². The van der Waals surface area contributed by atoms with E-state index in [0.717, 1.165) is 70.6 Å². The molecule has 3 heterocycles. The summed E-state index contributed by atoms with van der Waals surface area (Å²) in [6, 6.07) is 26.3. The van der Waals surface area contributed by atoms with Gasteiger partial charge >= 0.3 is 0 Å². The van der Waals surface area contributed by atoms with Crippen LogP contribution < -0.4 is 9.80 Å². The van der Waals surface area contributed by atoms with Crippen LogP contribution in [-0.4, -0.2) is 40.7 Å². The van der Waals surface area contributed by atoms with Crippen LogP contribution in [0.5, 0.6) is 0 Å². The van der Waals surface area contributed by atoms with Crippen molar-refractivity contribution in [3.05, 3.63) is 101 Å². The van der Waals surface area contributed by atoms with Gasteiger partial charge in [-0.1, -0.05) is 71.7 Å². The summed E-state index contributed by atoms with van der Waals surface area (Å²) in [5.74, 6) is 0.952. The normalized spacial score (nSPS) is 14.0. The Labute approximate surface area is 214 Å². The topological polar surface area (TPSA) is 37.2 Å². The lowest BCUT2D eigenvalue weighted by Crippen LogP contribution is -2.47. The van der Waals surface area contributed by atoms with Crippen LogP contribution in [0.1, 0.15) is 0 Å². The quantitative estimate of drug-likeness (QED) is 0.275. The zero-order chi connectivity index (χ0) is 23.8. The van der Waals surface area contributed by atoms with Gasteiger partial charge in [0.1, 0.15) is 12.1 Å². The summed E-state index contributed by atoms with van der Waals surface area (Å²) >= 11 is 12.8. The fourth-order valence-electron chi connectivity index (χ4n) is 4.81. The van der Waals surface area contributed by atoms with Gasteiger partial charge in [0.2, 0.25) is 0 Å². The SMILES string of the molecule is Clc1cccc(-n2cc(-c3ccccc3)c3c(N4CCN(c5ccccc5Cl)CC4)ncnc32)c1. The van der Waals surface area contributed by atoms with Crippen molar-refractivity contribution in [2.24, 2.45) is 0 Å². The molecule has 0 N–H and O–H groups in total. The van der Waals surface area contributed by atoms with E-state index in [9.17, 15) is 0 Å². The average Bonchev–Trinajstić information content (AvgIpc) is 3.30. The number of halogens is 2. The lowest BCUT2D eigenvalue weighted by atomic mass is 10.1. The zero-order valence-electron chi connectivity index (χ0n) is 19.0. The number of rotatable bonds is 4. The van der Waals surface area contributed by atoms with E-state index in [1.165, 1.54) is 0 Å². The molecule has 0 bridgehead atoms. The number of para-hydroxylation sites is 1. The van der Waals surface area contributed by atoms with E-state index >= 15 is 0 Å². The summed E-state index contributed by atoms with van der Waals surface area (Å²) in [6.45, 7) is 3.41. The van der Waals surface area contributed by atoms with Crippen LogP contribution >= 0.6 is 23.2 Å². The van der Waals surface area contributed by atoms with E-state index in [2.05, 4.69) is 50.9 Å². The van der Waals surface area contributed by atoms with Gasteiger partial charge in [0.25, 0.3) is 0 Å². The van der Waals surface area contributed by atoms with Crippen LogP contribution in [0.2, 0.25) is 10.0 Å². The predicted molar refractivity (Wildman–Crippen MR) is 145 cm³/mol. The Bertz CT molecular complexity index is 1490. The molecule has 7 heteroatoms. The molecule has 1 aliphatic heterocycles. The Balaban J connectivity index is 1.43. The molecular weight excluding hydrogens is 477 g/mol. The van der Waals surface area contributed by atoms with Gasteiger partial charge < -0.3 is 14.4 Å². The summed E-state index contributed by atoms with van der Waals surface area (Å²) in [5.41, 5.74) is 5.15. The molecule has 0 radical (unpaired) electrons. The third-order valence-corrected chi connectivity index (χ3v) is 7.06. The van der Waals surface area contributed by atoms with Crippen molar-refractivity contribution in [1.82, 2.24) is 14.5 Å². The number of nitrogens with zero attached hydrogens (tertiary/aromatic N) is 5. The number of anilines is 2. The Morgan fingerprint density at radius 3 is 2.23 bits per heavy atom. The molecule has 0 spiro atoms. The first-order valence-electron chi connectivity index (χ1n) is 11.6. The molecular formula is C28H23Cl2N5. The maximum Gasteiger partial charge on any atom is 0.150 e. The second-order valence-corrected chi connectivity index (χ2v) is 9.42. The van der Waals surface area contributed by atoms with Crippen molar-refractivity contribution in [1.29, 1.82) is 0 Å². The molecule has 1 aliphatic rings. The number of piperazine rings is 1. The van der Waals surface area contributed by atoms with Crippen LogP contribution in [0.3, 0.4) is 0 Å². The highest BCUT2D eigenvalue weighted by Gasteiger charge is 2.25. The first kappa shape index (κ1) is 22.0. The number of benzene rings is 3. The maximum absolute atomic E-state index is 6.46. The molecule has 174 valence electrons. The van der Waals surface area contributed by atoms with Gasteiger partial charge in [-0.15, -0.1) is 0 Å². The van der Waals surface area contributed by atoms with E-state index in [0.29, 0.717) is 5.02 Å². The second kappa shape index (κ2) is 9.25. The molecule has 0 saturated carbocycles. The zero-order valence-corrected chi connectivity index (χ0v) is 20.5. The molecule has 3 aromatic carbocycles. The monoisotopic (exact) mass is 499 g/mol. The molecule has 1 fully saturated rings. The average molecular weight is 500 g/mol. The van der Waals surface area contributed by atoms with Gasteiger partial charge in [-0.2, -0.15) is 0 Å². The third kappa shape index (κ3) is 4.11. The fourth-order valence-corrected chi connectivity index (χ4v) is 5.25. The third-order valence-electron chi connectivity index (χ3n) is 6.51. The van der Waals surface area contributed by atoms with E-state index in [1.54, 1.807) is 6.33 Å². The van der Waals surface area contributed by atoms with E-state index < -0.39 is 0 Å². The number of hydrogen-bond acceptors (Lipinski definition) is 4. The van der Waals surface area contributed by atoms with Gasteiger partial charge in [0.05, 0.1) is 16.1 Å². The van der Waals surface area contributed by atoms with Crippen LogP contribution in [0, 0.1) is 0 Å². The van der Waals surface area contributed by atoms with E-state index in [4.69, 9.17) is 33.2 Å². The largest absolute Gasteiger partial charge is 0.367 e. The second-order valence-electron chi connectivity index (χ2n) is 8.58. The minimum Gasteiger partial charge on any atom is -0.367 e. The van der Waals surface area contributed by atoms with Crippen molar-refractivity contribution >= 4 is 45.7 Å². The minimum absolute atomic E-state index is 0.690. The van der Waals surface area contributed by atoms with E-state index in [-0.39, 0.29) is 0 Å². The Hall–Kier alpha value is -3.54. The fraction of sp³-hybridized carbons (Fsp3) is 0.143. The standard InChI is InChI=1S/C28H23Cl2N5/c29-21-9-6-10-22(17-21)35-18-23(20-7-2-1-3-8-20)26-27(31-19-32-28(26)35)34-15-13-33(14-16-34)25-12-5-4-11-24(25)30/h1-12,17-19H,13-16H2. The number of hydrogen-bond donors (Lipinski definition) is 0. The van der Waals surface area contributed by atoms with Crippen molar-refractivity contribution in [2.45, 2.75) is 0 Å². The molecule has 5 nitrogen and oxygen atoms in total. The molecule has 0 amide bonds. The smallest absolute Gasteiger partial charge is 0.150 e. The lowest BCUT2D eigenvalue weighted by molar-refractivity contribution is 0.649. The molecule has 0 atom stereocenters. The maximum atomic E-state index is 6.46. The summed E-state index contributed by atoms with van der Waals surface area (Å²) in [7, 11) is 0. The van der Waals surface area contributed by atoms with Crippen LogP contribution in [0.4, 0.5) is 11.5 Å².